The second-order valence-electron chi connectivity index (χ2n) is 5.48. The number of carbonyl (C=O) groups is 1. The van der Waals surface area contributed by atoms with E-state index in [1.807, 2.05) is 11.9 Å². The molecule has 19 heavy (non-hydrogen) atoms. The number of nitrogens with one attached hydrogen (secondary N) is 1. The Morgan fingerprint density at radius 3 is 2.42 bits per heavy atom. The Balaban J connectivity index is 2.18. The van der Waals surface area contributed by atoms with Gasteiger partial charge in [0.1, 0.15) is 6.17 Å². The molecule has 1 N–H and O–H groups in total. The highest BCUT2D eigenvalue weighted by atomic mass is 16.2. The minimum absolute atomic E-state index is 0.0115. The van der Waals surface area contributed by atoms with Crippen LogP contribution in [0.15, 0.2) is 24.3 Å². The van der Waals surface area contributed by atoms with E-state index >= 15 is 0 Å². The fourth-order valence-corrected chi connectivity index (χ4v) is 2.60. The smallest absolute Gasteiger partial charge is 0.241 e. The summed E-state index contributed by atoms with van der Waals surface area (Å²) in [5.41, 5.74) is 2.49. The zero-order valence-corrected chi connectivity index (χ0v) is 12.3. The minimum Gasteiger partial charge on any atom is -0.325 e. The number of nitrogens with zero attached hydrogens (tertiary/aromatic N) is 1. The van der Waals surface area contributed by atoms with Crippen molar-refractivity contribution in [3.63, 3.8) is 0 Å². The molecule has 0 saturated carbocycles. The van der Waals surface area contributed by atoms with Gasteiger partial charge in [-0.1, -0.05) is 51.5 Å². The summed E-state index contributed by atoms with van der Waals surface area (Å²) >= 11 is 0. The first-order valence-corrected chi connectivity index (χ1v) is 7.20. The van der Waals surface area contributed by atoms with E-state index in [0.29, 0.717) is 5.92 Å². The van der Waals surface area contributed by atoms with Gasteiger partial charge in [-0.25, -0.2) is 0 Å². The number of hydrogen-bond donors (Lipinski definition) is 1. The van der Waals surface area contributed by atoms with Gasteiger partial charge in [-0.2, -0.15) is 0 Å². The summed E-state index contributed by atoms with van der Waals surface area (Å²) in [6.45, 7) is 6.41. The molecular weight excluding hydrogens is 236 g/mol. The third kappa shape index (κ3) is 2.66. The Kier molecular flexibility index (Phi) is 4.25. The van der Waals surface area contributed by atoms with Crippen LogP contribution >= 0.6 is 0 Å². The lowest BCUT2D eigenvalue weighted by atomic mass is 9.99. The molecule has 104 valence electrons. The summed E-state index contributed by atoms with van der Waals surface area (Å²) in [6.07, 6.45) is 2.07. The van der Waals surface area contributed by atoms with Gasteiger partial charge < -0.3 is 4.90 Å². The van der Waals surface area contributed by atoms with Crippen LogP contribution in [0.4, 0.5) is 0 Å². The molecule has 1 aromatic carbocycles. The van der Waals surface area contributed by atoms with E-state index in [1.165, 1.54) is 11.1 Å². The minimum atomic E-state index is -0.0501. The molecule has 1 aromatic rings. The van der Waals surface area contributed by atoms with Gasteiger partial charge >= 0.3 is 0 Å². The van der Waals surface area contributed by atoms with E-state index in [1.54, 1.807) is 0 Å². The second kappa shape index (κ2) is 5.74. The first-order chi connectivity index (χ1) is 9.08. The lowest BCUT2D eigenvalue weighted by Crippen LogP contribution is -2.35. The van der Waals surface area contributed by atoms with E-state index in [-0.39, 0.29) is 18.1 Å². The zero-order valence-electron chi connectivity index (χ0n) is 12.3. The van der Waals surface area contributed by atoms with E-state index in [2.05, 4.69) is 50.4 Å². The molecule has 0 radical (unpaired) electrons. The van der Waals surface area contributed by atoms with E-state index in [0.717, 1.165) is 12.8 Å². The molecule has 3 heteroatoms. The monoisotopic (exact) mass is 260 g/mol. The number of rotatable bonds is 4. The van der Waals surface area contributed by atoms with Gasteiger partial charge in [0, 0.05) is 7.05 Å². The van der Waals surface area contributed by atoms with Gasteiger partial charge in [-0.15, -0.1) is 0 Å². The van der Waals surface area contributed by atoms with Crippen molar-refractivity contribution >= 4 is 5.91 Å². The quantitative estimate of drug-likeness (QED) is 0.903. The molecule has 3 nitrogen and oxygen atoms in total. The van der Waals surface area contributed by atoms with E-state index in [9.17, 15) is 4.79 Å². The Morgan fingerprint density at radius 1 is 1.26 bits per heavy atom. The van der Waals surface area contributed by atoms with Gasteiger partial charge in [0.25, 0.3) is 0 Å². The Hall–Kier alpha value is -1.35. The standard InChI is InChI=1S/C16H24N2O/c1-5-11(3)14-16(19)18(4)15(17-14)13-9-7-12(6-2)8-10-13/h7-11,14-15,17H,5-6H2,1-4H3. The highest BCUT2D eigenvalue weighted by molar-refractivity contribution is 5.84. The van der Waals surface area contributed by atoms with Crippen molar-refractivity contribution < 1.29 is 4.79 Å². The fourth-order valence-electron chi connectivity index (χ4n) is 2.60. The maximum Gasteiger partial charge on any atom is 0.241 e. The van der Waals surface area contributed by atoms with Crippen LogP contribution in [-0.2, 0) is 11.2 Å². The molecule has 1 aliphatic rings. The van der Waals surface area contributed by atoms with Crippen molar-refractivity contribution in [2.75, 3.05) is 7.05 Å². The SMILES string of the molecule is CCc1ccc(C2NC(C(C)CC)C(=O)N2C)cc1. The first kappa shape index (κ1) is 14.1. The van der Waals surface area contributed by atoms with Gasteiger partial charge in [-0.05, 0) is 23.5 Å². The lowest BCUT2D eigenvalue weighted by Gasteiger charge is -2.20. The van der Waals surface area contributed by atoms with Crippen LogP contribution in [0.2, 0.25) is 0 Å². The lowest BCUT2D eigenvalue weighted by molar-refractivity contribution is -0.129. The molecular formula is C16H24N2O. The fraction of sp³-hybridized carbons (Fsp3) is 0.562. The highest BCUT2D eigenvalue weighted by Crippen LogP contribution is 2.27. The largest absolute Gasteiger partial charge is 0.325 e. The molecule has 1 amide bonds. The van der Waals surface area contributed by atoms with Crippen LogP contribution in [0.1, 0.15) is 44.5 Å². The molecule has 2 rings (SSSR count). The summed E-state index contributed by atoms with van der Waals surface area (Å²) in [5, 5.41) is 3.47. The highest BCUT2D eigenvalue weighted by Gasteiger charge is 2.39. The zero-order chi connectivity index (χ0) is 14.0. The van der Waals surface area contributed by atoms with Crippen molar-refractivity contribution in [3.05, 3.63) is 35.4 Å². The summed E-state index contributed by atoms with van der Waals surface area (Å²) in [4.78, 5) is 14.1. The van der Waals surface area contributed by atoms with Crippen molar-refractivity contribution in [3.8, 4) is 0 Å². The van der Waals surface area contributed by atoms with Crippen molar-refractivity contribution in [1.82, 2.24) is 10.2 Å². The Labute approximate surface area is 116 Å². The molecule has 0 aromatic heterocycles. The number of hydrogen-bond acceptors (Lipinski definition) is 2. The maximum atomic E-state index is 12.3. The van der Waals surface area contributed by atoms with Gasteiger partial charge in [0.2, 0.25) is 5.91 Å². The second-order valence-corrected chi connectivity index (χ2v) is 5.48. The van der Waals surface area contributed by atoms with E-state index in [4.69, 9.17) is 0 Å². The summed E-state index contributed by atoms with van der Waals surface area (Å²) < 4.78 is 0. The molecule has 1 fully saturated rings. The number of aryl methyl sites for hydroxylation is 1. The summed E-state index contributed by atoms with van der Waals surface area (Å²) in [5.74, 6) is 0.578. The maximum absolute atomic E-state index is 12.3. The number of likely N-dealkylation sites (N-methyl/N-ethyl adjacent to an activating group) is 1. The predicted octanol–water partition coefficient (Wildman–Crippen LogP) is 2.72. The van der Waals surface area contributed by atoms with Crippen LogP contribution in [-0.4, -0.2) is 23.9 Å². The van der Waals surface area contributed by atoms with Crippen LogP contribution in [0.5, 0.6) is 0 Å². The molecule has 0 aliphatic carbocycles. The average Bonchev–Trinajstić information content (AvgIpc) is 2.75. The first-order valence-electron chi connectivity index (χ1n) is 7.20. The Bertz CT molecular complexity index is 441. The normalized spacial score (nSPS) is 24.8. The molecule has 1 saturated heterocycles. The van der Waals surface area contributed by atoms with Crippen LogP contribution in [0, 0.1) is 5.92 Å². The van der Waals surface area contributed by atoms with Crippen molar-refractivity contribution in [2.24, 2.45) is 5.92 Å². The molecule has 1 aliphatic heterocycles. The topological polar surface area (TPSA) is 32.3 Å². The molecule has 1 heterocycles. The van der Waals surface area contributed by atoms with E-state index < -0.39 is 0 Å². The molecule has 3 atom stereocenters. The number of carbonyl (C=O) groups excluding carboxylic acids is 1. The van der Waals surface area contributed by atoms with Gasteiger partial charge in [0.05, 0.1) is 6.04 Å². The molecule has 0 spiro atoms. The van der Waals surface area contributed by atoms with Crippen LogP contribution in [0.3, 0.4) is 0 Å². The summed E-state index contributed by atoms with van der Waals surface area (Å²) in [6, 6.07) is 8.49. The van der Waals surface area contributed by atoms with Crippen molar-refractivity contribution in [2.45, 2.75) is 45.8 Å². The average molecular weight is 260 g/mol. The van der Waals surface area contributed by atoms with Gasteiger partial charge in [0.15, 0.2) is 0 Å². The molecule has 0 bridgehead atoms. The third-order valence-electron chi connectivity index (χ3n) is 4.26. The van der Waals surface area contributed by atoms with Crippen molar-refractivity contribution in [1.29, 1.82) is 0 Å². The van der Waals surface area contributed by atoms with Gasteiger partial charge in [-0.3, -0.25) is 10.1 Å². The van der Waals surface area contributed by atoms with Crippen LogP contribution < -0.4 is 5.32 Å². The summed E-state index contributed by atoms with van der Waals surface area (Å²) in [7, 11) is 1.89. The number of amides is 1. The number of benzene rings is 1. The predicted molar refractivity (Wildman–Crippen MR) is 77.7 cm³/mol. The van der Waals surface area contributed by atoms with Crippen LogP contribution in [0.25, 0.3) is 0 Å². The molecule has 3 unspecified atom stereocenters. The Morgan fingerprint density at radius 2 is 1.89 bits per heavy atom. The third-order valence-corrected chi connectivity index (χ3v) is 4.26.